The first-order valence-corrected chi connectivity index (χ1v) is 10.2. The molecular weight excluding hydrogens is 356 g/mol. The summed E-state index contributed by atoms with van der Waals surface area (Å²) >= 11 is 1.53. The maximum absolute atomic E-state index is 12.3. The number of thiazole rings is 1. The van der Waals surface area contributed by atoms with Gasteiger partial charge in [0.2, 0.25) is 0 Å². The lowest BCUT2D eigenvalue weighted by atomic mass is 10.2. The Morgan fingerprint density at radius 1 is 1.11 bits per heavy atom. The second kappa shape index (κ2) is 8.17. The van der Waals surface area contributed by atoms with Gasteiger partial charge in [-0.15, -0.1) is 11.3 Å². The van der Waals surface area contributed by atoms with Crippen LogP contribution < -0.4 is 5.56 Å². The van der Waals surface area contributed by atoms with Crippen LogP contribution in [-0.2, 0) is 6.54 Å². The van der Waals surface area contributed by atoms with E-state index in [2.05, 4.69) is 51.2 Å². The van der Waals surface area contributed by atoms with Gasteiger partial charge in [-0.25, -0.2) is 4.98 Å². The number of benzene rings is 1. The van der Waals surface area contributed by atoms with E-state index in [1.54, 1.807) is 10.5 Å². The van der Waals surface area contributed by atoms with Gasteiger partial charge in [-0.1, -0.05) is 42.5 Å². The fraction of sp³-hybridized carbons (Fsp3) is 0.333. The lowest BCUT2D eigenvalue weighted by Gasteiger charge is -2.33. The molecule has 3 heterocycles. The van der Waals surface area contributed by atoms with Gasteiger partial charge in [0.05, 0.1) is 5.69 Å². The molecule has 4 rings (SSSR count). The Morgan fingerprint density at radius 3 is 2.63 bits per heavy atom. The molecule has 1 aliphatic heterocycles. The maximum Gasteiger partial charge on any atom is 0.259 e. The Hall–Kier alpha value is -2.28. The molecule has 0 N–H and O–H groups in total. The lowest BCUT2D eigenvalue weighted by Crippen LogP contribution is -2.46. The molecule has 6 heteroatoms. The van der Waals surface area contributed by atoms with E-state index in [0.717, 1.165) is 55.6 Å². The van der Waals surface area contributed by atoms with Gasteiger partial charge < -0.3 is 0 Å². The van der Waals surface area contributed by atoms with Crippen LogP contribution in [0.3, 0.4) is 0 Å². The van der Waals surface area contributed by atoms with Crippen molar-refractivity contribution in [2.24, 2.45) is 0 Å². The van der Waals surface area contributed by atoms with Gasteiger partial charge in [-0.05, 0) is 12.5 Å². The zero-order valence-electron chi connectivity index (χ0n) is 15.5. The smallest absolute Gasteiger partial charge is 0.259 e. The molecule has 0 bridgehead atoms. The minimum Gasteiger partial charge on any atom is -0.297 e. The predicted molar refractivity (Wildman–Crippen MR) is 111 cm³/mol. The van der Waals surface area contributed by atoms with Crippen molar-refractivity contribution < 1.29 is 0 Å². The Balaban J connectivity index is 1.31. The van der Waals surface area contributed by atoms with E-state index in [4.69, 9.17) is 0 Å². The second-order valence-corrected chi connectivity index (χ2v) is 7.81. The first kappa shape index (κ1) is 18.1. The van der Waals surface area contributed by atoms with E-state index in [9.17, 15) is 4.79 Å². The van der Waals surface area contributed by atoms with Crippen LogP contribution in [0.2, 0.25) is 0 Å². The fourth-order valence-corrected chi connectivity index (χ4v) is 4.33. The van der Waals surface area contributed by atoms with Crippen LogP contribution in [0, 0.1) is 6.92 Å². The van der Waals surface area contributed by atoms with E-state index < -0.39 is 0 Å². The molecule has 0 amide bonds. The second-order valence-electron chi connectivity index (χ2n) is 6.97. The van der Waals surface area contributed by atoms with Crippen molar-refractivity contribution in [1.82, 2.24) is 19.2 Å². The fourth-order valence-electron chi connectivity index (χ4n) is 3.44. The monoisotopic (exact) mass is 380 g/mol. The molecule has 0 unspecified atom stereocenters. The van der Waals surface area contributed by atoms with E-state index in [-0.39, 0.29) is 5.56 Å². The number of aromatic nitrogens is 2. The summed E-state index contributed by atoms with van der Waals surface area (Å²) in [7, 11) is 0. The first-order valence-electron chi connectivity index (χ1n) is 9.32. The molecule has 1 aliphatic rings. The maximum atomic E-state index is 12.3. The third-order valence-corrected chi connectivity index (χ3v) is 5.90. The standard InChI is InChI=1S/C21H24N4OS/c1-17-16-27-21-22-19(14-20(26)25(17)21)15-24-12-10-23(11-13-24)9-5-8-18-6-3-2-4-7-18/h2-8,14,16H,9-13,15H2,1H3/b8-5+. The number of nitrogens with zero attached hydrogens (tertiary/aromatic N) is 4. The first-order chi connectivity index (χ1) is 13.2. The number of hydrogen-bond donors (Lipinski definition) is 0. The van der Waals surface area contributed by atoms with E-state index in [1.165, 1.54) is 16.9 Å². The zero-order valence-corrected chi connectivity index (χ0v) is 16.4. The van der Waals surface area contributed by atoms with Gasteiger partial charge in [0.15, 0.2) is 4.96 Å². The van der Waals surface area contributed by atoms with Crippen molar-refractivity contribution >= 4 is 22.4 Å². The van der Waals surface area contributed by atoms with E-state index in [0.29, 0.717) is 0 Å². The van der Waals surface area contributed by atoms with E-state index >= 15 is 0 Å². The summed E-state index contributed by atoms with van der Waals surface area (Å²) in [5, 5.41) is 1.98. The average Bonchev–Trinajstić information content (AvgIpc) is 3.05. The Bertz CT molecular complexity index is 984. The molecule has 0 aliphatic carbocycles. The summed E-state index contributed by atoms with van der Waals surface area (Å²) in [4.78, 5) is 22.6. The molecular formula is C21H24N4OS. The quantitative estimate of drug-likeness (QED) is 0.682. The third kappa shape index (κ3) is 4.35. The largest absolute Gasteiger partial charge is 0.297 e. The topological polar surface area (TPSA) is 40.9 Å². The molecule has 0 atom stereocenters. The summed E-state index contributed by atoms with van der Waals surface area (Å²) in [6, 6.07) is 12.1. The molecule has 1 saturated heterocycles. The summed E-state index contributed by atoms with van der Waals surface area (Å²) in [6.45, 7) is 7.75. The van der Waals surface area contributed by atoms with Gasteiger partial charge in [0.25, 0.3) is 5.56 Å². The highest BCUT2D eigenvalue weighted by Crippen LogP contribution is 2.13. The predicted octanol–water partition coefficient (Wildman–Crippen LogP) is 2.90. The van der Waals surface area contributed by atoms with Gasteiger partial charge in [-0.2, -0.15) is 0 Å². The molecule has 140 valence electrons. The van der Waals surface area contributed by atoms with Crippen molar-refractivity contribution in [3.05, 3.63) is 75.2 Å². The molecule has 3 aromatic rings. The van der Waals surface area contributed by atoms with Gasteiger partial charge in [0, 0.05) is 56.4 Å². The normalized spacial score (nSPS) is 16.5. The van der Waals surface area contributed by atoms with E-state index in [1.807, 2.05) is 18.4 Å². The third-order valence-electron chi connectivity index (χ3n) is 4.95. The minimum atomic E-state index is 0.0263. The van der Waals surface area contributed by atoms with Crippen LogP contribution in [-0.4, -0.2) is 51.9 Å². The number of hydrogen-bond acceptors (Lipinski definition) is 5. The van der Waals surface area contributed by atoms with Crippen LogP contribution in [0.4, 0.5) is 0 Å². The average molecular weight is 381 g/mol. The molecule has 0 radical (unpaired) electrons. The molecule has 2 aromatic heterocycles. The van der Waals surface area contributed by atoms with Crippen molar-refractivity contribution in [3.63, 3.8) is 0 Å². The van der Waals surface area contributed by atoms with Crippen LogP contribution in [0.5, 0.6) is 0 Å². The zero-order chi connectivity index (χ0) is 18.6. The molecule has 27 heavy (non-hydrogen) atoms. The number of rotatable bonds is 5. The SMILES string of the molecule is Cc1csc2nc(CN3CCN(C/C=C/c4ccccc4)CC3)cc(=O)n12. The van der Waals surface area contributed by atoms with Crippen molar-refractivity contribution in [1.29, 1.82) is 0 Å². The Kier molecular flexibility index (Phi) is 5.48. The van der Waals surface area contributed by atoms with Gasteiger partial charge in [-0.3, -0.25) is 19.0 Å². The molecule has 5 nitrogen and oxygen atoms in total. The lowest BCUT2D eigenvalue weighted by molar-refractivity contribution is 0.136. The van der Waals surface area contributed by atoms with Gasteiger partial charge in [0.1, 0.15) is 0 Å². The number of fused-ring (bicyclic) bond motifs is 1. The summed E-state index contributed by atoms with van der Waals surface area (Å²) in [5.41, 5.74) is 3.10. The van der Waals surface area contributed by atoms with Crippen molar-refractivity contribution in [3.8, 4) is 0 Å². The highest BCUT2D eigenvalue weighted by Gasteiger charge is 2.17. The summed E-state index contributed by atoms with van der Waals surface area (Å²) in [5.74, 6) is 0. The number of piperazine rings is 1. The van der Waals surface area contributed by atoms with Crippen molar-refractivity contribution in [2.45, 2.75) is 13.5 Å². The highest BCUT2D eigenvalue weighted by atomic mass is 32.1. The Morgan fingerprint density at radius 2 is 1.85 bits per heavy atom. The van der Waals surface area contributed by atoms with Crippen LogP contribution in [0.1, 0.15) is 17.0 Å². The highest BCUT2D eigenvalue weighted by molar-refractivity contribution is 7.15. The van der Waals surface area contributed by atoms with Crippen LogP contribution in [0.15, 0.2) is 52.6 Å². The van der Waals surface area contributed by atoms with Crippen LogP contribution in [0.25, 0.3) is 11.0 Å². The molecule has 1 aromatic carbocycles. The minimum absolute atomic E-state index is 0.0263. The van der Waals surface area contributed by atoms with Crippen LogP contribution >= 0.6 is 11.3 Å². The molecule has 1 fully saturated rings. The van der Waals surface area contributed by atoms with Gasteiger partial charge >= 0.3 is 0 Å². The number of aryl methyl sites for hydroxylation is 1. The molecule has 0 saturated carbocycles. The summed E-state index contributed by atoms with van der Waals surface area (Å²) < 4.78 is 1.69. The summed E-state index contributed by atoms with van der Waals surface area (Å²) in [6.07, 6.45) is 4.42. The van der Waals surface area contributed by atoms with Crippen molar-refractivity contribution in [2.75, 3.05) is 32.7 Å². The Labute approximate surface area is 163 Å². The molecule has 0 spiro atoms.